The molecule has 0 aliphatic rings. The standard InChI is InChI=1S/C10H3Cl3F8N2/c11-4-1-3(9(16,17)18)2-5(12)6(4)22-23-7(13)8(14,15)10(19,20)21/h1-2,22H. The molecule has 0 aliphatic heterocycles. The molecule has 0 aliphatic carbocycles. The third-order valence-corrected chi connectivity index (χ3v) is 3.17. The van der Waals surface area contributed by atoms with Gasteiger partial charge in [-0.2, -0.15) is 40.2 Å². The maximum atomic E-state index is 12.8. The number of rotatable bonds is 3. The van der Waals surface area contributed by atoms with Crippen LogP contribution in [0.2, 0.25) is 10.0 Å². The van der Waals surface area contributed by atoms with E-state index >= 15 is 0 Å². The van der Waals surface area contributed by atoms with Gasteiger partial charge in [0.25, 0.3) is 0 Å². The summed E-state index contributed by atoms with van der Waals surface area (Å²) in [5, 5.41) is -1.07. The lowest BCUT2D eigenvalue weighted by molar-refractivity contribution is -0.248. The van der Waals surface area contributed by atoms with Crippen LogP contribution >= 0.6 is 34.8 Å². The maximum absolute atomic E-state index is 12.8. The predicted molar refractivity (Wildman–Crippen MR) is 69.4 cm³/mol. The van der Waals surface area contributed by atoms with Crippen LogP contribution < -0.4 is 5.43 Å². The first-order valence-corrected chi connectivity index (χ1v) is 6.31. The van der Waals surface area contributed by atoms with Gasteiger partial charge in [0.1, 0.15) is 0 Å². The lowest BCUT2D eigenvalue weighted by Gasteiger charge is -2.18. The number of hydrogen-bond donors (Lipinski definition) is 1. The quantitative estimate of drug-likeness (QED) is 0.360. The third-order valence-electron chi connectivity index (χ3n) is 2.25. The Hall–Kier alpha value is -1.00. The zero-order valence-corrected chi connectivity index (χ0v) is 12.5. The molecule has 0 fully saturated rings. The van der Waals surface area contributed by atoms with E-state index in [0.29, 0.717) is 12.1 Å². The number of hydrazone groups is 1. The van der Waals surface area contributed by atoms with Crippen LogP contribution in [0.1, 0.15) is 5.56 Å². The molecule has 0 amide bonds. The van der Waals surface area contributed by atoms with Gasteiger partial charge in [-0.05, 0) is 12.1 Å². The fourth-order valence-corrected chi connectivity index (χ4v) is 1.86. The van der Waals surface area contributed by atoms with E-state index in [9.17, 15) is 35.1 Å². The minimum absolute atomic E-state index is 0.376. The van der Waals surface area contributed by atoms with E-state index in [-0.39, 0.29) is 0 Å². The maximum Gasteiger partial charge on any atom is 0.460 e. The van der Waals surface area contributed by atoms with Crippen molar-refractivity contribution in [3.8, 4) is 0 Å². The van der Waals surface area contributed by atoms with E-state index in [1.54, 1.807) is 5.43 Å². The number of nitrogens with zero attached hydrogens (tertiary/aromatic N) is 1. The molecule has 0 heterocycles. The molecule has 1 rings (SSSR count). The van der Waals surface area contributed by atoms with Crippen molar-refractivity contribution >= 4 is 45.7 Å². The highest BCUT2D eigenvalue weighted by atomic mass is 35.5. The number of halogens is 11. The average molecular weight is 409 g/mol. The van der Waals surface area contributed by atoms with Crippen molar-refractivity contribution in [3.63, 3.8) is 0 Å². The molecule has 0 radical (unpaired) electrons. The van der Waals surface area contributed by atoms with Gasteiger partial charge in [-0.25, -0.2) is 0 Å². The zero-order chi connectivity index (χ0) is 18.2. The summed E-state index contributed by atoms with van der Waals surface area (Å²) in [6, 6.07) is 0.752. The smallest absolute Gasteiger partial charge is 0.274 e. The highest BCUT2D eigenvalue weighted by Crippen LogP contribution is 2.40. The lowest BCUT2D eigenvalue weighted by atomic mass is 10.2. The van der Waals surface area contributed by atoms with Crippen molar-refractivity contribution in [1.29, 1.82) is 0 Å². The SMILES string of the molecule is FC(F)(F)c1cc(Cl)c(NN=C(Cl)C(F)(F)C(F)(F)F)c(Cl)c1. The predicted octanol–water partition coefficient (Wildman–Crippen LogP) is 6.17. The molecule has 2 nitrogen and oxygen atoms in total. The van der Waals surface area contributed by atoms with Crippen molar-refractivity contribution in [1.82, 2.24) is 0 Å². The molecule has 1 aromatic carbocycles. The Kier molecular flexibility index (Phi) is 5.65. The van der Waals surface area contributed by atoms with E-state index in [1.165, 1.54) is 0 Å². The van der Waals surface area contributed by atoms with Gasteiger partial charge in [0.05, 0.1) is 21.3 Å². The third kappa shape index (κ3) is 4.51. The molecule has 0 saturated carbocycles. The molecule has 130 valence electrons. The van der Waals surface area contributed by atoms with Gasteiger partial charge in [0.2, 0.25) is 5.17 Å². The molecule has 1 N–H and O–H groups in total. The van der Waals surface area contributed by atoms with Gasteiger partial charge in [-0.15, -0.1) is 0 Å². The van der Waals surface area contributed by atoms with E-state index in [2.05, 4.69) is 5.10 Å². The first-order chi connectivity index (χ1) is 10.2. The minimum atomic E-state index is -6.01. The van der Waals surface area contributed by atoms with E-state index in [0.717, 1.165) is 0 Å². The Bertz CT molecular complexity index is 601. The van der Waals surface area contributed by atoms with Crippen LogP contribution in [0, 0.1) is 0 Å². The molecule has 0 atom stereocenters. The van der Waals surface area contributed by atoms with Crippen LogP contribution in [-0.4, -0.2) is 17.3 Å². The van der Waals surface area contributed by atoms with E-state index in [1.807, 2.05) is 0 Å². The van der Waals surface area contributed by atoms with Crippen LogP contribution in [0.15, 0.2) is 17.2 Å². The van der Waals surface area contributed by atoms with Gasteiger partial charge in [-0.3, -0.25) is 5.43 Å². The molecule has 1 aromatic rings. The summed E-state index contributed by atoms with van der Waals surface area (Å²) in [6.07, 6.45) is -10.8. The fraction of sp³-hybridized carbons (Fsp3) is 0.300. The molecular weight excluding hydrogens is 406 g/mol. The molecule has 0 spiro atoms. The largest absolute Gasteiger partial charge is 0.460 e. The Labute approximate surface area is 138 Å². The van der Waals surface area contributed by atoms with Crippen molar-refractivity contribution in [2.24, 2.45) is 5.10 Å². The molecule has 0 unspecified atom stereocenters. The topological polar surface area (TPSA) is 24.4 Å². The molecule has 0 saturated heterocycles. The van der Waals surface area contributed by atoms with E-state index < -0.39 is 44.7 Å². The summed E-state index contributed by atoms with van der Waals surface area (Å²) < 4.78 is 99.1. The molecule has 23 heavy (non-hydrogen) atoms. The summed E-state index contributed by atoms with van der Waals surface area (Å²) in [4.78, 5) is 0. The molecule has 0 aromatic heterocycles. The fourth-order valence-electron chi connectivity index (χ4n) is 1.14. The van der Waals surface area contributed by atoms with Crippen LogP contribution in [0.5, 0.6) is 0 Å². The van der Waals surface area contributed by atoms with Gasteiger partial charge in [0.15, 0.2) is 0 Å². The second kappa shape index (κ2) is 6.48. The number of hydrogen-bond acceptors (Lipinski definition) is 2. The molecule has 0 bridgehead atoms. The number of nitrogens with one attached hydrogen (secondary N) is 1. The number of benzene rings is 1. The van der Waals surface area contributed by atoms with Crippen molar-refractivity contribution in [3.05, 3.63) is 27.7 Å². The number of alkyl halides is 8. The van der Waals surface area contributed by atoms with Crippen LogP contribution in [0.3, 0.4) is 0 Å². The van der Waals surface area contributed by atoms with Crippen LogP contribution in [-0.2, 0) is 6.18 Å². The minimum Gasteiger partial charge on any atom is -0.274 e. The normalized spacial score (nSPS) is 14.1. The monoisotopic (exact) mass is 408 g/mol. The Morgan fingerprint density at radius 2 is 1.35 bits per heavy atom. The van der Waals surface area contributed by atoms with Gasteiger partial charge < -0.3 is 0 Å². The Morgan fingerprint density at radius 1 is 0.913 bits per heavy atom. The first-order valence-electron chi connectivity index (χ1n) is 5.18. The Morgan fingerprint density at radius 3 is 1.70 bits per heavy atom. The summed E-state index contributed by atoms with van der Waals surface area (Å²) in [7, 11) is 0. The highest BCUT2D eigenvalue weighted by Gasteiger charge is 2.61. The van der Waals surface area contributed by atoms with Crippen molar-refractivity contribution in [2.45, 2.75) is 18.3 Å². The highest BCUT2D eigenvalue weighted by molar-refractivity contribution is 6.67. The van der Waals surface area contributed by atoms with Crippen molar-refractivity contribution in [2.75, 3.05) is 5.43 Å². The van der Waals surface area contributed by atoms with Gasteiger partial charge >= 0.3 is 18.3 Å². The second-order valence-electron chi connectivity index (χ2n) is 3.90. The van der Waals surface area contributed by atoms with Gasteiger partial charge in [-0.1, -0.05) is 34.8 Å². The summed E-state index contributed by atoms with van der Waals surface area (Å²) in [6.45, 7) is 0. The number of anilines is 1. The van der Waals surface area contributed by atoms with Crippen LogP contribution in [0.25, 0.3) is 0 Å². The summed E-state index contributed by atoms with van der Waals surface area (Å²) >= 11 is 15.7. The first kappa shape index (κ1) is 20.0. The Balaban J connectivity index is 3.15. The van der Waals surface area contributed by atoms with E-state index in [4.69, 9.17) is 34.8 Å². The van der Waals surface area contributed by atoms with Crippen LogP contribution in [0.4, 0.5) is 40.8 Å². The molecular formula is C10H3Cl3F8N2. The lowest BCUT2D eigenvalue weighted by Crippen LogP contribution is -2.42. The van der Waals surface area contributed by atoms with Crippen molar-refractivity contribution < 1.29 is 35.1 Å². The van der Waals surface area contributed by atoms with Gasteiger partial charge in [0, 0.05) is 0 Å². The summed E-state index contributed by atoms with van der Waals surface area (Å²) in [5.74, 6) is -5.47. The molecule has 13 heteroatoms. The second-order valence-corrected chi connectivity index (χ2v) is 5.07. The summed E-state index contributed by atoms with van der Waals surface area (Å²) in [5.41, 5.74) is -0.301. The zero-order valence-electron chi connectivity index (χ0n) is 10.3. The average Bonchev–Trinajstić information content (AvgIpc) is 2.34.